The minimum absolute atomic E-state index is 0.698. The van der Waals surface area contributed by atoms with Crippen LogP contribution in [-0.4, -0.2) is 39.9 Å². The summed E-state index contributed by atoms with van der Waals surface area (Å²) in [6.45, 7) is 5.16. The average molecular weight is 293 g/mol. The van der Waals surface area contributed by atoms with Crippen LogP contribution in [0.2, 0.25) is 0 Å². The highest BCUT2D eigenvalue weighted by molar-refractivity contribution is 5.79. The van der Waals surface area contributed by atoms with Crippen LogP contribution in [0.1, 0.15) is 25.3 Å². The van der Waals surface area contributed by atoms with Gasteiger partial charge in [0, 0.05) is 26.7 Å². The molecule has 0 aliphatic rings. The van der Waals surface area contributed by atoms with Gasteiger partial charge in [-0.15, -0.1) is 0 Å². The van der Waals surface area contributed by atoms with E-state index in [1.54, 1.807) is 14.2 Å². The molecule has 0 fully saturated rings. The van der Waals surface area contributed by atoms with Gasteiger partial charge in [-0.1, -0.05) is 25.5 Å². The number of hydrogen-bond donors (Lipinski definition) is 2. The molecule has 0 heterocycles. The Balaban J connectivity index is 2.21. The molecular formula is C16H27N3O2. The zero-order valence-electron chi connectivity index (χ0n) is 13.3. The van der Waals surface area contributed by atoms with Crippen LogP contribution in [0.5, 0.6) is 5.75 Å². The Morgan fingerprint density at radius 3 is 2.52 bits per heavy atom. The lowest BCUT2D eigenvalue weighted by Gasteiger charge is -2.12. The van der Waals surface area contributed by atoms with Crippen LogP contribution in [0.25, 0.3) is 0 Å². The van der Waals surface area contributed by atoms with Crippen LogP contribution in [0.3, 0.4) is 0 Å². The Labute approximate surface area is 127 Å². The third-order valence-corrected chi connectivity index (χ3v) is 3.02. The monoisotopic (exact) mass is 293 g/mol. The first kappa shape index (κ1) is 17.3. The first-order valence-corrected chi connectivity index (χ1v) is 7.45. The minimum atomic E-state index is 0.698. The van der Waals surface area contributed by atoms with Crippen molar-refractivity contribution in [3.8, 4) is 5.75 Å². The van der Waals surface area contributed by atoms with Crippen LogP contribution in [0, 0.1) is 0 Å². The van der Waals surface area contributed by atoms with E-state index in [1.807, 2.05) is 24.3 Å². The normalized spacial score (nSPS) is 11.3. The average Bonchev–Trinajstić information content (AvgIpc) is 2.54. The largest absolute Gasteiger partial charge is 0.497 e. The van der Waals surface area contributed by atoms with Gasteiger partial charge in [0.05, 0.1) is 13.7 Å². The molecule has 2 N–H and O–H groups in total. The Hall–Kier alpha value is -1.75. The second kappa shape index (κ2) is 11.0. The van der Waals surface area contributed by atoms with Gasteiger partial charge in [-0.05, 0) is 24.1 Å². The van der Waals surface area contributed by atoms with E-state index in [0.717, 1.165) is 37.8 Å². The van der Waals surface area contributed by atoms with Gasteiger partial charge in [-0.3, -0.25) is 4.99 Å². The maximum atomic E-state index is 5.50. The predicted molar refractivity (Wildman–Crippen MR) is 86.9 cm³/mol. The number of nitrogens with one attached hydrogen (secondary N) is 2. The van der Waals surface area contributed by atoms with E-state index >= 15 is 0 Å². The van der Waals surface area contributed by atoms with Crippen LogP contribution >= 0.6 is 0 Å². The summed E-state index contributed by atoms with van der Waals surface area (Å²) < 4.78 is 10.6. The molecule has 0 aliphatic heterocycles. The topological polar surface area (TPSA) is 54.9 Å². The molecule has 0 bridgehead atoms. The summed E-state index contributed by atoms with van der Waals surface area (Å²) in [6, 6.07) is 7.98. The molecule has 0 amide bonds. The van der Waals surface area contributed by atoms with Gasteiger partial charge in [0.1, 0.15) is 5.75 Å². The number of nitrogens with zero attached hydrogens (tertiary/aromatic N) is 1. The molecule has 1 rings (SSSR count). The fourth-order valence-corrected chi connectivity index (χ4v) is 1.74. The number of methoxy groups -OCH3 is 1. The fraction of sp³-hybridized carbons (Fsp3) is 0.562. The Morgan fingerprint density at radius 2 is 1.90 bits per heavy atom. The van der Waals surface area contributed by atoms with E-state index in [2.05, 4.69) is 22.5 Å². The maximum Gasteiger partial charge on any atom is 0.191 e. The van der Waals surface area contributed by atoms with Crippen LogP contribution in [0.15, 0.2) is 29.3 Å². The second-order valence-corrected chi connectivity index (χ2v) is 4.67. The molecule has 0 aliphatic carbocycles. The zero-order valence-corrected chi connectivity index (χ0v) is 13.3. The summed E-state index contributed by atoms with van der Waals surface area (Å²) >= 11 is 0. The number of rotatable bonds is 9. The number of aliphatic imine (C=N–C) groups is 1. The van der Waals surface area contributed by atoms with Gasteiger partial charge in [0.15, 0.2) is 5.96 Å². The number of guanidine groups is 1. The molecule has 0 aromatic heterocycles. The van der Waals surface area contributed by atoms with Crippen LogP contribution in [-0.2, 0) is 11.3 Å². The SMILES string of the molecule is CCCCOCCNC(=NC)NCc1ccc(OC)cc1. The molecule has 5 heteroatoms. The molecule has 0 unspecified atom stereocenters. The summed E-state index contributed by atoms with van der Waals surface area (Å²) in [5, 5.41) is 6.50. The van der Waals surface area contributed by atoms with Crippen molar-refractivity contribution in [2.45, 2.75) is 26.3 Å². The maximum absolute atomic E-state index is 5.50. The van der Waals surface area contributed by atoms with Gasteiger partial charge in [-0.2, -0.15) is 0 Å². The first-order chi connectivity index (χ1) is 10.3. The Bertz CT molecular complexity index is 404. The molecule has 5 nitrogen and oxygen atoms in total. The van der Waals surface area contributed by atoms with Crippen molar-refractivity contribution in [2.24, 2.45) is 4.99 Å². The van der Waals surface area contributed by atoms with Crippen molar-refractivity contribution >= 4 is 5.96 Å². The number of hydrogen-bond acceptors (Lipinski definition) is 3. The molecule has 0 saturated heterocycles. The van der Waals surface area contributed by atoms with Crippen molar-refractivity contribution < 1.29 is 9.47 Å². The summed E-state index contributed by atoms with van der Waals surface area (Å²) in [4.78, 5) is 4.18. The van der Waals surface area contributed by atoms with Crippen molar-refractivity contribution in [2.75, 3.05) is 33.9 Å². The number of benzene rings is 1. The predicted octanol–water partition coefficient (Wildman–Crippen LogP) is 2.18. The molecule has 21 heavy (non-hydrogen) atoms. The van der Waals surface area contributed by atoms with Gasteiger partial charge >= 0.3 is 0 Å². The summed E-state index contributed by atoms with van der Waals surface area (Å²) in [7, 11) is 3.43. The van der Waals surface area contributed by atoms with Crippen molar-refractivity contribution in [3.63, 3.8) is 0 Å². The highest BCUT2D eigenvalue weighted by Crippen LogP contribution is 2.10. The lowest BCUT2D eigenvalue weighted by atomic mass is 10.2. The highest BCUT2D eigenvalue weighted by Gasteiger charge is 1.98. The molecule has 1 aromatic rings. The van der Waals surface area contributed by atoms with E-state index in [4.69, 9.17) is 9.47 Å². The molecule has 1 aromatic carbocycles. The molecule has 0 atom stereocenters. The number of ether oxygens (including phenoxy) is 2. The Morgan fingerprint density at radius 1 is 1.14 bits per heavy atom. The van der Waals surface area contributed by atoms with Crippen LogP contribution in [0.4, 0.5) is 0 Å². The van der Waals surface area contributed by atoms with Crippen molar-refractivity contribution in [1.29, 1.82) is 0 Å². The van der Waals surface area contributed by atoms with E-state index in [9.17, 15) is 0 Å². The standard InChI is InChI=1S/C16H27N3O2/c1-4-5-11-21-12-10-18-16(17-2)19-13-14-6-8-15(20-3)9-7-14/h6-9H,4-5,10-13H2,1-3H3,(H2,17,18,19). The van der Waals surface area contributed by atoms with Gasteiger partial charge < -0.3 is 20.1 Å². The summed E-state index contributed by atoms with van der Waals surface area (Å²) in [6.07, 6.45) is 2.28. The Kier molecular flexibility index (Phi) is 9.04. The van der Waals surface area contributed by atoms with Crippen molar-refractivity contribution in [3.05, 3.63) is 29.8 Å². The third kappa shape index (κ3) is 7.56. The van der Waals surface area contributed by atoms with E-state index in [1.165, 1.54) is 12.0 Å². The fourth-order valence-electron chi connectivity index (χ4n) is 1.74. The lowest BCUT2D eigenvalue weighted by molar-refractivity contribution is 0.136. The molecular weight excluding hydrogens is 266 g/mol. The quantitative estimate of drug-likeness (QED) is 0.416. The van der Waals surface area contributed by atoms with Gasteiger partial charge in [0.25, 0.3) is 0 Å². The van der Waals surface area contributed by atoms with Crippen LogP contribution < -0.4 is 15.4 Å². The smallest absolute Gasteiger partial charge is 0.191 e. The number of unbranched alkanes of at least 4 members (excludes halogenated alkanes) is 1. The third-order valence-electron chi connectivity index (χ3n) is 3.02. The van der Waals surface area contributed by atoms with Crippen molar-refractivity contribution in [1.82, 2.24) is 10.6 Å². The second-order valence-electron chi connectivity index (χ2n) is 4.67. The van der Waals surface area contributed by atoms with Gasteiger partial charge in [0.2, 0.25) is 0 Å². The minimum Gasteiger partial charge on any atom is -0.497 e. The molecule has 0 radical (unpaired) electrons. The molecule has 0 saturated carbocycles. The summed E-state index contributed by atoms with van der Waals surface area (Å²) in [5.41, 5.74) is 1.18. The summed E-state index contributed by atoms with van der Waals surface area (Å²) in [5.74, 6) is 1.65. The lowest BCUT2D eigenvalue weighted by Crippen LogP contribution is -2.38. The van der Waals surface area contributed by atoms with E-state index in [-0.39, 0.29) is 0 Å². The van der Waals surface area contributed by atoms with E-state index < -0.39 is 0 Å². The highest BCUT2D eigenvalue weighted by atomic mass is 16.5. The van der Waals surface area contributed by atoms with Gasteiger partial charge in [-0.25, -0.2) is 0 Å². The molecule has 118 valence electrons. The molecule has 0 spiro atoms. The first-order valence-electron chi connectivity index (χ1n) is 7.45. The zero-order chi connectivity index (χ0) is 15.3. The van der Waals surface area contributed by atoms with E-state index in [0.29, 0.717) is 6.61 Å².